The van der Waals surface area contributed by atoms with Crippen LogP contribution in [0, 0.1) is 0 Å². The number of amides is 1. The zero-order valence-electron chi connectivity index (χ0n) is 10.9. The number of benzene rings is 1. The number of methoxy groups -OCH3 is 1. The Kier molecular flexibility index (Phi) is 4.52. The molecule has 0 bridgehead atoms. The second-order valence-electron chi connectivity index (χ2n) is 4.33. The summed E-state index contributed by atoms with van der Waals surface area (Å²) in [6.07, 6.45) is 0.343. The molecule has 5 nitrogen and oxygen atoms in total. The van der Waals surface area contributed by atoms with Gasteiger partial charge >= 0.3 is 0 Å². The summed E-state index contributed by atoms with van der Waals surface area (Å²) in [7, 11) is 1.58. The van der Waals surface area contributed by atoms with Gasteiger partial charge in [0.25, 0.3) is 0 Å². The van der Waals surface area contributed by atoms with Crippen LogP contribution in [0.5, 0.6) is 5.75 Å². The molecule has 0 spiro atoms. The largest absolute Gasteiger partial charge is 0.497 e. The molecule has 0 radical (unpaired) electrons. The fourth-order valence-electron chi connectivity index (χ4n) is 1.93. The number of carbonyl (C=O) groups is 2. The molecule has 0 aromatic heterocycles. The molecular weight excluding hydrogens is 246 g/mol. The molecule has 102 valence electrons. The highest BCUT2D eigenvalue weighted by atomic mass is 16.5. The Labute approximate surface area is 112 Å². The molecule has 1 fully saturated rings. The van der Waals surface area contributed by atoms with Crippen molar-refractivity contribution in [3.8, 4) is 5.75 Å². The van der Waals surface area contributed by atoms with Crippen LogP contribution in [-0.4, -0.2) is 50.0 Å². The van der Waals surface area contributed by atoms with Gasteiger partial charge in [-0.1, -0.05) is 0 Å². The van der Waals surface area contributed by atoms with E-state index in [0.29, 0.717) is 37.5 Å². The van der Waals surface area contributed by atoms with Gasteiger partial charge in [-0.05, 0) is 24.3 Å². The predicted molar refractivity (Wildman–Crippen MR) is 69.3 cm³/mol. The second kappa shape index (κ2) is 6.33. The highest BCUT2D eigenvalue weighted by molar-refractivity contribution is 5.99. The molecule has 1 saturated heterocycles. The Hall–Kier alpha value is -1.88. The fourth-order valence-corrected chi connectivity index (χ4v) is 1.93. The molecule has 5 heteroatoms. The van der Waals surface area contributed by atoms with E-state index in [2.05, 4.69) is 0 Å². The average Bonchev–Trinajstić information content (AvgIpc) is 2.64. The van der Waals surface area contributed by atoms with Crippen molar-refractivity contribution in [2.75, 3.05) is 33.4 Å². The van der Waals surface area contributed by atoms with Crippen LogP contribution >= 0.6 is 0 Å². The Bertz CT molecular complexity index is 455. The van der Waals surface area contributed by atoms with Crippen LogP contribution in [0.2, 0.25) is 0 Å². The maximum absolute atomic E-state index is 12.1. The van der Waals surface area contributed by atoms with Crippen molar-refractivity contribution in [2.24, 2.45) is 0 Å². The second-order valence-corrected chi connectivity index (χ2v) is 4.33. The Morgan fingerprint density at radius 2 is 2.05 bits per heavy atom. The number of ketones is 1. The van der Waals surface area contributed by atoms with Crippen LogP contribution in [0.15, 0.2) is 24.3 Å². The van der Waals surface area contributed by atoms with E-state index in [1.807, 2.05) is 0 Å². The lowest BCUT2D eigenvalue weighted by Crippen LogP contribution is -2.36. The normalized spacial score (nSPS) is 16.1. The first-order valence-corrected chi connectivity index (χ1v) is 6.23. The number of hydrogen-bond donors (Lipinski definition) is 0. The molecule has 1 heterocycles. The van der Waals surface area contributed by atoms with Gasteiger partial charge < -0.3 is 14.4 Å². The molecule has 1 aliphatic heterocycles. The van der Waals surface area contributed by atoms with Gasteiger partial charge in [0.2, 0.25) is 5.91 Å². The van der Waals surface area contributed by atoms with Crippen molar-refractivity contribution in [1.29, 1.82) is 0 Å². The van der Waals surface area contributed by atoms with Gasteiger partial charge in [-0.25, -0.2) is 0 Å². The van der Waals surface area contributed by atoms with E-state index >= 15 is 0 Å². The number of nitrogens with zero attached hydrogens (tertiary/aromatic N) is 1. The van der Waals surface area contributed by atoms with E-state index in [-0.39, 0.29) is 18.2 Å². The molecule has 0 N–H and O–H groups in total. The maximum Gasteiger partial charge on any atom is 0.225 e. The monoisotopic (exact) mass is 263 g/mol. The lowest BCUT2D eigenvalue weighted by molar-refractivity contribution is -0.129. The third-order valence-electron chi connectivity index (χ3n) is 3.06. The molecule has 2 rings (SSSR count). The number of ether oxygens (including phenoxy) is 2. The number of carbonyl (C=O) groups excluding carboxylic acids is 2. The highest BCUT2D eigenvalue weighted by Gasteiger charge is 2.20. The van der Waals surface area contributed by atoms with E-state index in [1.165, 1.54) is 0 Å². The van der Waals surface area contributed by atoms with E-state index in [0.717, 1.165) is 0 Å². The summed E-state index contributed by atoms with van der Waals surface area (Å²) in [4.78, 5) is 25.4. The number of hydrogen-bond acceptors (Lipinski definition) is 4. The summed E-state index contributed by atoms with van der Waals surface area (Å²) in [6, 6.07) is 6.89. The quantitative estimate of drug-likeness (QED) is 0.764. The minimum atomic E-state index is -0.0714. The molecule has 1 aromatic rings. The lowest BCUT2D eigenvalue weighted by atomic mass is 10.1. The summed E-state index contributed by atoms with van der Waals surface area (Å²) in [5, 5.41) is 0. The Morgan fingerprint density at radius 1 is 1.32 bits per heavy atom. The predicted octanol–water partition coefficient (Wildman–Crippen LogP) is 1.13. The minimum Gasteiger partial charge on any atom is -0.497 e. The zero-order chi connectivity index (χ0) is 13.7. The average molecular weight is 263 g/mol. The highest BCUT2D eigenvalue weighted by Crippen LogP contribution is 2.12. The number of Topliss-reactive ketones (excluding diaryl/α,β-unsaturated/α-hetero) is 1. The summed E-state index contributed by atoms with van der Waals surface area (Å²) in [5.41, 5.74) is 0.582. The van der Waals surface area contributed by atoms with Gasteiger partial charge in [0.05, 0.1) is 33.3 Å². The van der Waals surface area contributed by atoms with E-state index in [9.17, 15) is 9.59 Å². The van der Waals surface area contributed by atoms with Crippen molar-refractivity contribution in [1.82, 2.24) is 4.90 Å². The molecular formula is C14H17NO4. The van der Waals surface area contributed by atoms with E-state index in [4.69, 9.17) is 9.47 Å². The molecule has 1 aromatic carbocycles. The third-order valence-corrected chi connectivity index (χ3v) is 3.06. The molecule has 0 atom stereocenters. The summed E-state index contributed by atoms with van der Waals surface area (Å²) in [5.74, 6) is 0.605. The smallest absolute Gasteiger partial charge is 0.225 e. The topological polar surface area (TPSA) is 55.8 Å². The first-order chi connectivity index (χ1) is 9.20. The van der Waals surface area contributed by atoms with Gasteiger partial charge in [-0.15, -0.1) is 0 Å². The van der Waals surface area contributed by atoms with E-state index in [1.54, 1.807) is 36.3 Å². The SMILES string of the molecule is COc1ccc(C(=O)CN2CCOCCC2=O)cc1. The third kappa shape index (κ3) is 3.54. The van der Waals surface area contributed by atoms with Crippen LogP contribution in [0.4, 0.5) is 0 Å². The van der Waals surface area contributed by atoms with E-state index < -0.39 is 0 Å². The molecule has 0 aliphatic carbocycles. The maximum atomic E-state index is 12.1. The zero-order valence-corrected chi connectivity index (χ0v) is 10.9. The van der Waals surface area contributed by atoms with Gasteiger partial charge in [0.15, 0.2) is 5.78 Å². The van der Waals surface area contributed by atoms with Crippen LogP contribution in [0.25, 0.3) is 0 Å². The standard InChI is InChI=1S/C14H17NO4/c1-18-12-4-2-11(3-5-12)13(16)10-15-7-9-19-8-6-14(15)17/h2-5H,6-10H2,1H3. The van der Waals surface area contributed by atoms with Crippen molar-refractivity contribution in [3.63, 3.8) is 0 Å². The van der Waals surface area contributed by atoms with Crippen molar-refractivity contribution < 1.29 is 19.1 Å². The van der Waals surface area contributed by atoms with Gasteiger partial charge in [-0.2, -0.15) is 0 Å². The molecule has 19 heavy (non-hydrogen) atoms. The van der Waals surface area contributed by atoms with Crippen LogP contribution < -0.4 is 4.74 Å². The van der Waals surface area contributed by atoms with Gasteiger partial charge in [0.1, 0.15) is 5.75 Å². The number of rotatable bonds is 4. The molecule has 1 aliphatic rings. The van der Waals surface area contributed by atoms with Crippen LogP contribution in [0.1, 0.15) is 16.8 Å². The Balaban J connectivity index is 2.00. The van der Waals surface area contributed by atoms with Crippen molar-refractivity contribution in [2.45, 2.75) is 6.42 Å². The summed E-state index contributed by atoms with van der Waals surface area (Å²) in [6.45, 7) is 1.50. The van der Waals surface area contributed by atoms with Gasteiger partial charge in [-0.3, -0.25) is 9.59 Å². The molecule has 0 saturated carbocycles. The van der Waals surface area contributed by atoms with Crippen molar-refractivity contribution in [3.05, 3.63) is 29.8 Å². The first kappa shape index (κ1) is 13.5. The van der Waals surface area contributed by atoms with Crippen molar-refractivity contribution >= 4 is 11.7 Å². The lowest BCUT2D eigenvalue weighted by Gasteiger charge is -2.18. The molecule has 1 amide bonds. The minimum absolute atomic E-state index is 0.0284. The van der Waals surface area contributed by atoms with Crippen LogP contribution in [0.3, 0.4) is 0 Å². The molecule has 0 unspecified atom stereocenters. The van der Waals surface area contributed by atoms with Gasteiger partial charge in [0, 0.05) is 12.1 Å². The Morgan fingerprint density at radius 3 is 2.74 bits per heavy atom. The fraction of sp³-hybridized carbons (Fsp3) is 0.429. The summed E-state index contributed by atoms with van der Waals surface area (Å²) >= 11 is 0. The summed E-state index contributed by atoms with van der Waals surface area (Å²) < 4.78 is 10.3. The van der Waals surface area contributed by atoms with Crippen LogP contribution in [-0.2, 0) is 9.53 Å². The first-order valence-electron chi connectivity index (χ1n) is 6.23.